The molecule has 3 N–H and O–H groups in total. The van der Waals surface area contributed by atoms with Gasteiger partial charge in [-0.15, -0.1) is 0 Å². The van der Waals surface area contributed by atoms with Crippen LogP contribution < -0.4 is 16.0 Å². The van der Waals surface area contributed by atoms with Crippen molar-refractivity contribution < 1.29 is 38.2 Å². The van der Waals surface area contributed by atoms with Gasteiger partial charge in [0.25, 0.3) is 5.91 Å². The Morgan fingerprint density at radius 3 is 2.37 bits per heavy atom. The van der Waals surface area contributed by atoms with Crippen LogP contribution in [-0.2, 0) is 31.0 Å². The minimum Gasteiger partial charge on any atom is -0.448 e. The average Bonchev–Trinajstić information content (AvgIpc) is 3.55. The first-order valence-electron chi connectivity index (χ1n) is 17.9. The number of piperazine rings is 1. The molecule has 0 bridgehead atoms. The van der Waals surface area contributed by atoms with Gasteiger partial charge in [-0.2, -0.15) is 0 Å². The Morgan fingerprint density at radius 1 is 0.944 bits per heavy atom. The van der Waals surface area contributed by atoms with Crippen LogP contribution in [0, 0.1) is 0 Å². The highest BCUT2D eigenvalue weighted by molar-refractivity contribution is 6.30. The van der Waals surface area contributed by atoms with Gasteiger partial charge in [0.15, 0.2) is 5.60 Å². The van der Waals surface area contributed by atoms with Crippen LogP contribution in [0.25, 0.3) is 0 Å². The van der Waals surface area contributed by atoms with Crippen molar-refractivity contribution in [1.29, 1.82) is 0 Å². The number of carbonyl (C=O) groups is 5. The van der Waals surface area contributed by atoms with Crippen molar-refractivity contribution in [3.63, 3.8) is 0 Å². The molecule has 0 radical (unpaired) electrons. The predicted molar refractivity (Wildman–Crippen MR) is 201 cm³/mol. The lowest BCUT2D eigenvalue weighted by Gasteiger charge is -2.35. The molecule has 3 aromatic carbocycles. The predicted octanol–water partition coefficient (Wildman–Crippen LogP) is 5.47. The van der Waals surface area contributed by atoms with Gasteiger partial charge in [0.2, 0.25) is 5.91 Å². The van der Waals surface area contributed by atoms with E-state index in [-0.39, 0.29) is 31.6 Å². The monoisotopic (exact) mass is 760 g/mol. The fourth-order valence-corrected chi connectivity index (χ4v) is 6.93. The highest BCUT2D eigenvalue weighted by Crippen LogP contribution is 2.44. The molecule has 6 rings (SSSR count). The van der Waals surface area contributed by atoms with E-state index in [1.165, 1.54) is 0 Å². The molecule has 14 nitrogen and oxygen atoms in total. The number of fused-ring (bicyclic) bond motifs is 2. The van der Waals surface area contributed by atoms with Crippen LogP contribution in [-0.4, -0.2) is 109 Å². The minimum absolute atomic E-state index is 0.106. The molecule has 3 aromatic rings. The number of nitrogens with zero attached hydrogens (tertiary/aromatic N) is 3. The van der Waals surface area contributed by atoms with Crippen LogP contribution in [0.5, 0.6) is 0 Å². The van der Waals surface area contributed by atoms with Gasteiger partial charge in [0.05, 0.1) is 12.2 Å². The van der Waals surface area contributed by atoms with Crippen molar-refractivity contribution in [1.82, 2.24) is 20.0 Å². The van der Waals surface area contributed by atoms with E-state index in [1.54, 1.807) is 52.3 Å². The Labute approximate surface area is 319 Å². The number of likely N-dealkylation sites (tertiary alicyclic amines) is 1. The van der Waals surface area contributed by atoms with E-state index in [4.69, 9.17) is 25.8 Å². The molecular formula is C39H45ClN6O8. The van der Waals surface area contributed by atoms with Gasteiger partial charge < -0.3 is 29.3 Å². The summed E-state index contributed by atoms with van der Waals surface area (Å²) < 4.78 is 16.6. The number of hydrogen-bond donors (Lipinski definition) is 3. The molecule has 54 heavy (non-hydrogen) atoms. The third-order valence-corrected chi connectivity index (χ3v) is 9.72. The van der Waals surface area contributed by atoms with E-state index in [0.717, 1.165) is 5.56 Å². The molecule has 3 heterocycles. The second-order valence-electron chi connectivity index (χ2n) is 14.6. The summed E-state index contributed by atoms with van der Waals surface area (Å²) in [6.07, 6.45) is -0.964. The van der Waals surface area contributed by atoms with Crippen molar-refractivity contribution in [3.8, 4) is 0 Å². The van der Waals surface area contributed by atoms with Gasteiger partial charge in [-0.3, -0.25) is 25.1 Å². The quantitative estimate of drug-likeness (QED) is 0.241. The van der Waals surface area contributed by atoms with E-state index in [9.17, 15) is 24.0 Å². The first-order chi connectivity index (χ1) is 25.8. The Kier molecular flexibility index (Phi) is 11.6. The topological polar surface area (TPSA) is 159 Å². The summed E-state index contributed by atoms with van der Waals surface area (Å²) in [5, 5.41) is 8.76. The van der Waals surface area contributed by atoms with E-state index in [0.29, 0.717) is 73.2 Å². The number of amides is 5. The Hall–Kier alpha value is -5.34. The highest BCUT2D eigenvalue weighted by Gasteiger charge is 2.49. The van der Waals surface area contributed by atoms with E-state index >= 15 is 0 Å². The smallest absolute Gasteiger partial charge is 0.412 e. The molecule has 3 aliphatic heterocycles. The van der Waals surface area contributed by atoms with E-state index in [2.05, 4.69) is 20.9 Å². The summed E-state index contributed by atoms with van der Waals surface area (Å²) in [5.74, 6) is -0.780. The molecule has 2 fully saturated rings. The summed E-state index contributed by atoms with van der Waals surface area (Å²) >= 11 is 6.30. The molecule has 0 aliphatic carbocycles. The number of anilines is 2. The molecule has 286 valence electrons. The van der Waals surface area contributed by atoms with Gasteiger partial charge >= 0.3 is 18.3 Å². The maximum Gasteiger partial charge on any atom is 0.412 e. The summed E-state index contributed by atoms with van der Waals surface area (Å²) in [5.41, 5.74) is 1.24. The second-order valence-corrected chi connectivity index (χ2v) is 15.0. The molecule has 15 heteroatoms. The number of nitrogens with one attached hydrogen (secondary N) is 3. The van der Waals surface area contributed by atoms with Gasteiger partial charge in [-0.1, -0.05) is 41.9 Å². The number of rotatable bonds is 9. The summed E-state index contributed by atoms with van der Waals surface area (Å²) in [7, 11) is 0. The lowest BCUT2D eigenvalue weighted by Crippen LogP contribution is -2.50. The molecule has 2 atom stereocenters. The Balaban J connectivity index is 1.02. The standard InChI is InChI=1S/C39H45ClN6O8/c1-38(2,3)54-37(51)45-19-17-44(18-20-45)21-22-52-35(49)41-29-12-9-27(10-13-29)33(47)42-32(23-26-7-5-4-6-8-26)34(48)46-16-15-39(25-46)30-24-28(40)11-14-31(30)43-36(50)53-39/h4-14,24,32H,15-23,25H2,1-3H3,(H,41,49)(H,42,47)(H,43,50)/t32-,39?/m0/s1. The van der Waals surface area contributed by atoms with Crippen LogP contribution in [0.4, 0.5) is 25.8 Å². The van der Waals surface area contributed by atoms with Crippen LogP contribution in [0.1, 0.15) is 48.7 Å². The van der Waals surface area contributed by atoms with Gasteiger partial charge in [0, 0.05) is 73.9 Å². The molecule has 1 spiro atoms. The zero-order valence-corrected chi connectivity index (χ0v) is 31.3. The minimum atomic E-state index is -1.07. The fourth-order valence-electron chi connectivity index (χ4n) is 6.76. The van der Waals surface area contributed by atoms with Crippen molar-refractivity contribution in [3.05, 3.63) is 94.5 Å². The Morgan fingerprint density at radius 2 is 1.67 bits per heavy atom. The number of ether oxygens (including phenoxy) is 3. The molecule has 5 amide bonds. The van der Waals surface area contributed by atoms with Crippen molar-refractivity contribution in [2.24, 2.45) is 0 Å². The SMILES string of the molecule is CC(C)(C)OC(=O)N1CCN(CCOC(=O)Nc2ccc(C(=O)N[C@@H](Cc3ccccc3)C(=O)N3CCC4(C3)OC(=O)Nc3ccc(Cl)cc34)cc2)CC1. The normalized spacial score (nSPS) is 18.9. The first-order valence-corrected chi connectivity index (χ1v) is 18.3. The molecule has 0 saturated carbocycles. The first kappa shape index (κ1) is 38.4. The van der Waals surface area contributed by atoms with Crippen LogP contribution >= 0.6 is 11.6 Å². The van der Waals surface area contributed by atoms with Crippen LogP contribution in [0.15, 0.2) is 72.8 Å². The third-order valence-electron chi connectivity index (χ3n) is 9.48. The number of carbonyl (C=O) groups excluding carboxylic acids is 5. The molecule has 3 aliphatic rings. The van der Waals surface area contributed by atoms with Gasteiger partial charge in [-0.25, -0.2) is 14.4 Å². The lowest BCUT2D eigenvalue weighted by atomic mass is 9.90. The maximum atomic E-state index is 14.1. The lowest BCUT2D eigenvalue weighted by molar-refractivity contribution is -0.133. The molecule has 0 aromatic heterocycles. The van der Waals surface area contributed by atoms with Gasteiger partial charge in [0.1, 0.15) is 18.2 Å². The second kappa shape index (κ2) is 16.4. The number of benzene rings is 3. The third kappa shape index (κ3) is 9.60. The summed E-state index contributed by atoms with van der Waals surface area (Å²) in [4.78, 5) is 70.3. The highest BCUT2D eigenvalue weighted by atomic mass is 35.5. The summed E-state index contributed by atoms with van der Waals surface area (Å²) in [6, 6.07) is 19.9. The average molecular weight is 761 g/mol. The fraction of sp³-hybridized carbons (Fsp3) is 0.410. The van der Waals surface area contributed by atoms with E-state index in [1.807, 2.05) is 51.1 Å². The van der Waals surface area contributed by atoms with Crippen LogP contribution in [0.3, 0.4) is 0 Å². The summed E-state index contributed by atoms with van der Waals surface area (Å²) in [6.45, 7) is 8.93. The van der Waals surface area contributed by atoms with Crippen molar-refractivity contribution in [2.75, 3.05) is 63.1 Å². The van der Waals surface area contributed by atoms with Crippen molar-refractivity contribution in [2.45, 2.75) is 50.9 Å². The zero-order chi connectivity index (χ0) is 38.5. The number of hydrogen-bond acceptors (Lipinski definition) is 9. The van der Waals surface area contributed by atoms with Crippen LogP contribution in [0.2, 0.25) is 5.02 Å². The number of halogens is 1. The van der Waals surface area contributed by atoms with Gasteiger partial charge in [-0.05, 0) is 68.8 Å². The molecular weight excluding hydrogens is 716 g/mol. The molecule has 2 saturated heterocycles. The zero-order valence-electron chi connectivity index (χ0n) is 30.6. The largest absolute Gasteiger partial charge is 0.448 e. The van der Waals surface area contributed by atoms with E-state index < -0.39 is 35.3 Å². The molecule has 1 unspecified atom stereocenters. The van der Waals surface area contributed by atoms with Crippen molar-refractivity contribution >= 4 is 53.1 Å². The Bertz CT molecular complexity index is 1860. The maximum absolute atomic E-state index is 14.1.